The standard InChI is InChI=1S/C16H22N6O/c1-21-10-3-2-4-14(21)9-11-22-19-16(18-20-22)13-7-5-12(6-8-13)15(17)23/h5-8,14H,2-4,9-11H2,1H3,(H2,17,23)/t14-/m0/s1. The number of benzene rings is 1. The number of likely N-dealkylation sites (tertiary alicyclic amines) is 1. The molecule has 1 saturated heterocycles. The van der Waals surface area contributed by atoms with E-state index < -0.39 is 5.91 Å². The van der Waals surface area contributed by atoms with Gasteiger partial charge in [0, 0.05) is 17.2 Å². The number of primary amides is 1. The summed E-state index contributed by atoms with van der Waals surface area (Å²) in [6, 6.07) is 7.53. The lowest BCUT2D eigenvalue weighted by molar-refractivity contribution is 0.100. The lowest BCUT2D eigenvalue weighted by Gasteiger charge is -2.32. The summed E-state index contributed by atoms with van der Waals surface area (Å²) in [5, 5.41) is 12.6. The number of hydrogen-bond donors (Lipinski definition) is 1. The van der Waals surface area contributed by atoms with Gasteiger partial charge in [-0.3, -0.25) is 4.79 Å². The summed E-state index contributed by atoms with van der Waals surface area (Å²) in [6.07, 6.45) is 4.87. The first kappa shape index (κ1) is 15.6. The molecule has 1 atom stereocenters. The maximum Gasteiger partial charge on any atom is 0.248 e. The highest BCUT2D eigenvalue weighted by atomic mass is 16.1. The minimum atomic E-state index is -0.440. The van der Waals surface area contributed by atoms with E-state index in [0.29, 0.717) is 17.4 Å². The first-order valence-corrected chi connectivity index (χ1v) is 8.02. The van der Waals surface area contributed by atoms with Crippen molar-refractivity contribution in [3.63, 3.8) is 0 Å². The minimum absolute atomic E-state index is 0.440. The first-order chi connectivity index (χ1) is 11.1. The lowest BCUT2D eigenvalue weighted by atomic mass is 10.0. The second kappa shape index (κ2) is 6.87. The Kier molecular flexibility index (Phi) is 4.66. The zero-order chi connectivity index (χ0) is 16.2. The summed E-state index contributed by atoms with van der Waals surface area (Å²) < 4.78 is 0. The molecule has 0 bridgehead atoms. The fourth-order valence-corrected chi connectivity index (χ4v) is 3.01. The number of amides is 1. The number of piperidine rings is 1. The largest absolute Gasteiger partial charge is 0.366 e. The molecule has 0 unspecified atom stereocenters. The number of aryl methyl sites for hydroxylation is 1. The van der Waals surface area contributed by atoms with E-state index in [1.54, 1.807) is 29.1 Å². The molecule has 0 aliphatic carbocycles. The molecule has 1 fully saturated rings. The number of carbonyl (C=O) groups excluding carboxylic acids is 1. The number of nitrogens with zero attached hydrogens (tertiary/aromatic N) is 5. The molecule has 0 radical (unpaired) electrons. The van der Waals surface area contributed by atoms with Crippen molar-refractivity contribution in [2.45, 2.75) is 38.3 Å². The molecule has 1 aliphatic rings. The monoisotopic (exact) mass is 314 g/mol. The Labute approximate surface area is 135 Å². The zero-order valence-electron chi connectivity index (χ0n) is 13.4. The minimum Gasteiger partial charge on any atom is -0.366 e. The van der Waals surface area contributed by atoms with Crippen LogP contribution in [0, 0.1) is 0 Å². The molecule has 1 aliphatic heterocycles. The third kappa shape index (κ3) is 3.73. The Bertz CT molecular complexity index is 665. The fraction of sp³-hybridized carbons (Fsp3) is 0.500. The topological polar surface area (TPSA) is 89.9 Å². The molecule has 1 amide bonds. The SMILES string of the molecule is CN1CCCC[C@H]1CCn1nnc(-c2ccc(C(N)=O)cc2)n1. The third-order valence-electron chi connectivity index (χ3n) is 4.46. The first-order valence-electron chi connectivity index (χ1n) is 8.02. The molecule has 2 heterocycles. The van der Waals surface area contributed by atoms with Gasteiger partial charge in [0.25, 0.3) is 0 Å². The molecule has 23 heavy (non-hydrogen) atoms. The highest BCUT2D eigenvalue weighted by molar-refractivity contribution is 5.93. The fourth-order valence-electron chi connectivity index (χ4n) is 3.01. The summed E-state index contributed by atoms with van der Waals surface area (Å²) in [6.45, 7) is 1.94. The average Bonchev–Trinajstić information content (AvgIpc) is 3.03. The van der Waals surface area contributed by atoms with E-state index in [1.807, 2.05) is 0 Å². The van der Waals surface area contributed by atoms with Gasteiger partial charge in [0.05, 0.1) is 6.54 Å². The average molecular weight is 314 g/mol. The molecule has 2 aromatic rings. The number of nitrogens with two attached hydrogens (primary N) is 1. The second-order valence-electron chi connectivity index (χ2n) is 6.07. The van der Waals surface area contributed by atoms with Crippen LogP contribution in [0.1, 0.15) is 36.0 Å². The molecular weight excluding hydrogens is 292 g/mol. The number of tetrazole rings is 1. The predicted molar refractivity (Wildman–Crippen MR) is 86.7 cm³/mol. The number of rotatable bonds is 5. The molecule has 7 nitrogen and oxygen atoms in total. The molecule has 122 valence electrons. The van der Waals surface area contributed by atoms with Gasteiger partial charge in [0.15, 0.2) is 0 Å². The van der Waals surface area contributed by atoms with E-state index in [2.05, 4.69) is 27.4 Å². The quantitative estimate of drug-likeness (QED) is 0.898. The highest BCUT2D eigenvalue weighted by Crippen LogP contribution is 2.18. The summed E-state index contributed by atoms with van der Waals surface area (Å²) in [7, 11) is 2.18. The molecule has 0 saturated carbocycles. The molecule has 7 heteroatoms. The van der Waals surface area contributed by atoms with Crippen molar-refractivity contribution in [3.8, 4) is 11.4 Å². The van der Waals surface area contributed by atoms with Crippen molar-refractivity contribution in [1.29, 1.82) is 0 Å². The molecule has 0 spiro atoms. The van der Waals surface area contributed by atoms with Gasteiger partial charge in [-0.25, -0.2) is 0 Å². The molecular formula is C16H22N6O. The van der Waals surface area contributed by atoms with Crippen molar-refractivity contribution in [2.75, 3.05) is 13.6 Å². The van der Waals surface area contributed by atoms with Crippen LogP contribution < -0.4 is 5.73 Å². The number of aromatic nitrogens is 4. The smallest absolute Gasteiger partial charge is 0.248 e. The molecule has 1 aromatic carbocycles. The summed E-state index contributed by atoms with van der Waals surface area (Å²) >= 11 is 0. The Morgan fingerprint density at radius 2 is 2.09 bits per heavy atom. The Morgan fingerprint density at radius 1 is 1.30 bits per heavy atom. The molecule has 2 N–H and O–H groups in total. The normalized spacial score (nSPS) is 18.9. The Hall–Kier alpha value is -2.28. The summed E-state index contributed by atoms with van der Waals surface area (Å²) in [5.41, 5.74) is 6.54. The van der Waals surface area contributed by atoms with Crippen LogP contribution in [0.2, 0.25) is 0 Å². The van der Waals surface area contributed by atoms with Gasteiger partial charge < -0.3 is 10.6 Å². The van der Waals surface area contributed by atoms with Crippen LogP contribution in [0.15, 0.2) is 24.3 Å². The predicted octanol–water partition coefficient (Wildman–Crippen LogP) is 1.31. The Balaban J connectivity index is 1.62. The van der Waals surface area contributed by atoms with Crippen molar-refractivity contribution in [2.24, 2.45) is 5.73 Å². The van der Waals surface area contributed by atoms with Crippen LogP contribution in [0.5, 0.6) is 0 Å². The van der Waals surface area contributed by atoms with E-state index in [-0.39, 0.29) is 0 Å². The van der Waals surface area contributed by atoms with Gasteiger partial charge in [-0.2, -0.15) is 4.80 Å². The Morgan fingerprint density at radius 3 is 2.78 bits per heavy atom. The van der Waals surface area contributed by atoms with E-state index in [4.69, 9.17) is 5.73 Å². The van der Waals surface area contributed by atoms with Gasteiger partial charge in [-0.15, -0.1) is 10.2 Å². The lowest BCUT2D eigenvalue weighted by Crippen LogP contribution is -2.36. The van der Waals surface area contributed by atoms with Gasteiger partial charge in [0.1, 0.15) is 0 Å². The van der Waals surface area contributed by atoms with Crippen LogP contribution in [0.25, 0.3) is 11.4 Å². The second-order valence-corrected chi connectivity index (χ2v) is 6.07. The number of hydrogen-bond acceptors (Lipinski definition) is 5. The summed E-state index contributed by atoms with van der Waals surface area (Å²) in [4.78, 5) is 15.2. The van der Waals surface area contributed by atoms with Crippen molar-refractivity contribution < 1.29 is 4.79 Å². The van der Waals surface area contributed by atoms with E-state index in [9.17, 15) is 4.79 Å². The molecule has 1 aromatic heterocycles. The number of carbonyl (C=O) groups is 1. The maximum atomic E-state index is 11.1. The maximum absolute atomic E-state index is 11.1. The van der Waals surface area contributed by atoms with Crippen LogP contribution in [-0.4, -0.2) is 50.6 Å². The summed E-state index contributed by atoms with van der Waals surface area (Å²) in [5.74, 6) is 0.128. The third-order valence-corrected chi connectivity index (χ3v) is 4.46. The van der Waals surface area contributed by atoms with Crippen LogP contribution in [0.4, 0.5) is 0 Å². The van der Waals surface area contributed by atoms with E-state index >= 15 is 0 Å². The van der Waals surface area contributed by atoms with Crippen molar-refractivity contribution >= 4 is 5.91 Å². The van der Waals surface area contributed by atoms with Crippen molar-refractivity contribution in [3.05, 3.63) is 29.8 Å². The highest BCUT2D eigenvalue weighted by Gasteiger charge is 2.19. The van der Waals surface area contributed by atoms with Gasteiger partial charge in [-0.05, 0) is 50.2 Å². The van der Waals surface area contributed by atoms with Crippen LogP contribution in [-0.2, 0) is 6.54 Å². The zero-order valence-corrected chi connectivity index (χ0v) is 13.4. The molecule has 3 rings (SSSR count). The van der Waals surface area contributed by atoms with Crippen molar-refractivity contribution in [1.82, 2.24) is 25.1 Å². The van der Waals surface area contributed by atoms with Gasteiger partial charge >= 0.3 is 0 Å². The van der Waals surface area contributed by atoms with E-state index in [0.717, 1.165) is 18.5 Å². The van der Waals surface area contributed by atoms with E-state index in [1.165, 1.54) is 25.8 Å². The van der Waals surface area contributed by atoms with Gasteiger partial charge in [-0.1, -0.05) is 18.6 Å². The van der Waals surface area contributed by atoms with Gasteiger partial charge in [0.2, 0.25) is 11.7 Å². The van der Waals surface area contributed by atoms with Crippen LogP contribution in [0.3, 0.4) is 0 Å². The van der Waals surface area contributed by atoms with Crippen LogP contribution >= 0.6 is 0 Å².